The first-order valence-corrected chi connectivity index (χ1v) is 4.92. The maximum Gasteiger partial charge on any atom is 0.160 e. The van der Waals surface area contributed by atoms with Gasteiger partial charge in [-0.1, -0.05) is 0 Å². The average Bonchev–Trinajstić information content (AvgIpc) is 2.71. The molecule has 0 bridgehead atoms. The van der Waals surface area contributed by atoms with Gasteiger partial charge >= 0.3 is 0 Å². The van der Waals surface area contributed by atoms with Gasteiger partial charge in [-0.2, -0.15) is 5.10 Å². The maximum atomic E-state index is 5.79. The van der Waals surface area contributed by atoms with Gasteiger partial charge in [-0.15, -0.1) is 11.3 Å². The highest BCUT2D eigenvalue weighted by molar-refractivity contribution is 7.14. The summed E-state index contributed by atoms with van der Waals surface area (Å²) in [5, 5.41) is 6.84. The van der Waals surface area contributed by atoms with E-state index < -0.39 is 0 Å². The van der Waals surface area contributed by atoms with Gasteiger partial charge in [0.05, 0.1) is 10.6 Å². The molecule has 0 spiro atoms. The van der Waals surface area contributed by atoms with Crippen LogP contribution < -0.4 is 5.73 Å². The normalized spacial score (nSPS) is 10.5. The number of thiophene rings is 1. The van der Waals surface area contributed by atoms with Crippen LogP contribution in [0, 0.1) is 0 Å². The molecule has 0 atom stereocenters. The Morgan fingerprint density at radius 3 is 3.08 bits per heavy atom. The molecular formula is C8H10N4S. The second kappa shape index (κ2) is 3.18. The summed E-state index contributed by atoms with van der Waals surface area (Å²) in [6.45, 7) is 2.84. The monoisotopic (exact) mass is 194 g/mol. The van der Waals surface area contributed by atoms with Crippen molar-refractivity contribution in [1.29, 1.82) is 0 Å². The zero-order chi connectivity index (χ0) is 9.26. The molecule has 68 valence electrons. The van der Waals surface area contributed by atoms with Crippen LogP contribution in [0.2, 0.25) is 0 Å². The molecule has 0 fully saturated rings. The van der Waals surface area contributed by atoms with Crippen LogP contribution >= 0.6 is 11.3 Å². The van der Waals surface area contributed by atoms with Crippen molar-refractivity contribution in [1.82, 2.24) is 14.8 Å². The second-order valence-electron chi connectivity index (χ2n) is 2.60. The second-order valence-corrected chi connectivity index (χ2v) is 3.55. The fraction of sp³-hybridized carbons (Fsp3) is 0.250. The van der Waals surface area contributed by atoms with E-state index in [2.05, 4.69) is 10.1 Å². The number of aromatic nitrogens is 3. The van der Waals surface area contributed by atoms with Crippen molar-refractivity contribution in [2.75, 3.05) is 5.73 Å². The van der Waals surface area contributed by atoms with Crippen molar-refractivity contribution in [3.8, 4) is 11.4 Å². The van der Waals surface area contributed by atoms with Crippen molar-refractivity contribution in [3.63, 3.8) is 0 Å². The molecule has 0 saturated carbocycles. The zero-order valence-electron chi connectivity index (χ0n) is 7.27. The summed E-state index contributed by atoms with van der Waals surface area (Å²) in [6.07, 6.45) is 1.55. The molecule has 0 aromatic carbocycles. The Hall–Kier alpha value is -1.36. The van der Waals surface area contributed by atoms with Gasteiger partial charge in [-0.25, -0.2) is 9.67 Å². The van der Waals surface area contributed by atoms with Crippen molar-refractivity contribution in [2.24, 2.45) is 0 Å². The SMILES string of the molecule is CCn1ncnc1-c1ccsc1N. The van der Waals surface area contributed by atoms with Crippen molar-refractivity contribution in [3.05, 3.63) is 17.8 Å². The third kappa shape index (κ3) is 1.31. The number of nitrogens with two attached hydrogens (primary N) is 1. The van der Waals surface area contributed by atoms with Crippen molar-refractivity contribution < 1.29 is 0 Å². The quantitative estimate of drug-likeness (QED) is 0.790. The molecule has 2 rings (SSSR count). The van der Waals surface area contributed by atoms with E-state index in [4.69, 9.17) is 5.73 Å². The lowest BCUT2D eigenvalue weighted by molar-refractivity contribution is 0.666. The minimum absolute atomic E-state index is 0.794. The van der Waals surface area contributed by atoms with Crippen molar-refractivity contribution in [2.45, 2.75) is 13.5 Å². The summed E-state index contributed by atoms with van der Waals surface area (Å²) in [4.78, 5) is 4.17. The number of anilines is 1. The summed E-state index contributed by atoms with van der Waals surface area (Å²) in [6, 6.07) is 1.97. The molecule has 2 aromatic heterocycles. The Bertz CT molecular complexity index is 404. The number of hydrogen-bond donors (Lipinski definition) is 1. The minimum atomic E-state index is 0.794. The fourth-order valence-electron chi connectivity index (χ4n) is 1.21. The average molecular weight is 194 g/mol. The molecule has 5 heteroatoms. The molecule has 13 heavy (non-hydrogen) atoms. The van der Waals surface area contributed by atoms with Gasteiger partial charge in [0.25, 0.3) is 0 Å². The van der Waals surface area contributed by atoms with Crippen LogP contribution in [0.4, 0.5) is 5.00 Å². The van der Waals surface area contributed by atoms with Crippen LogP contribution in [0.15, 0.2) is 17.8 Å². The first kappa shape index (κ1) is 8.25. The Morgan fingerprint density at radius 2 is 2.46 bits per heavy atom. The smallest absolute Gasteiger partial charge is 0.160 e. The molecule has 0 unspecified atom stereocenters. The lowest BCUT2D eigenvalue weighted by Crippen LogP contribution is -1.99. The number of nitrogens with zero attached hydrogens (tertiary/aromatic N) is 3. The van der Waals surface area contributed by atoms with E-state index in [1.54, 1.807) is 6.33 Å². The van der Waals surface area contributed by atoms with Gasteiger partial charge in [-0.3, -0.25) is 0 Å². The summed E-state index contributed by atoms with van der Waals surface area (Å²) < 4.78 is 1.83. The molecular weight excluding hydrogens is 184 g/mol. The lowest BCUT2D eigenvalue weighted by atomic mass is 10.3. The highest BCUT2D eigenvalue weighted by atomic mass is 32.1. The molecule has 4 nitrogen and oxygen atoms in total. The first-order valence-electron chi connectivity index (χ1n) is 4.04. The van der Waals surface area contributed by atoms with E-state index in [0.29, 0.717) is 0 Å². The number of rotatable bonds is 2. The molecule has 0 aliphatic heterocycles. The van der Waals surface area contributed by atoms with Crippen LogP contribution in [0.5, 0.6) is 0 Å². The van der Waals surface area contributed by atoms with E-state index in [9.17, 15) is 0 Å². The molecule has 0 saturated heterocycles. The van der Waals surface area contributed by atoms with Gasteiger partial charge in [0.15, 0.2) is 5.82 Å². The predicted molar refractivity (Wildman–Crippen MR) is 53.4 cm³/mol. The maximum absolute atomic E-state index is 5.79. The van der Waals surface area contributed by atoms with Gasteiger partial charge in [0.2, 0.25) is 0 Å². The Balaban J connectivity index is 2.52. The van der Waals surface area contributed by atoms with Gasteiger partial charge < -0.3 is 5.73 Å². The van der Waals surface area contributed by atoms with E-state index in [1.165, 1.54) is 11.3 Å². The number of hydrogen-bond acceptors (Lipinski definition) is 4. The number of aryl methyl sites for hydroxylation is 1. The molecule has 0 amide bonds. The molecule has 0 aliphatic carbocycles. The molecule has 2 N–H and O–H groups in total. The summed E-state index contributed by atoms with van der Waals surface area (Å²) in [7, 11) is 0. The highest BCUT2D eigenvalue weighted by Gasteiger charge is 2.09. The largest absolute Gasteiger partial charge is 0.390 e. The van der Waals surface area contributed by atoms with E-state index in [0.717, 1.165) is 22.9 Å². The van der Waals surface area contributed by atoms with Crippen LogP contribution in [0.3, 0.4) is 0 Å². The van der Waals surface area contributed by atoms with E-state index in [1.807, 2.05) is 23.1 Å². The van der Waals surface area contributed by atoms with E-state index >= 15 is 0 Å². The third-order valence-corrected chi connectivity index (χ3v) is 2.60. The van der Waals surface area contributed by atoms with E-state index in [-0.39, 0.29) is 0 Å². The lowest BCUT2D eigenvalue weighted by Gasteiger charge is -2.00. The molecule has 2 heterocycles. The standard InChI is InChI=1S/C8H10N4S/c1-2-12-8(10-5-11-12)6-3-4-13-7(6)9/h3-5H,2,9H2,1H3. The first-order chi connectivity index (χ1) is 6.33. The third-order valence-electron chi connectivity index (χ3n) is 1.85. The Labute approximate surface area is 80.0 Å². The molecule has 0 aliphatic rings. The zero-order valence-corrected chi connectivity index (χ0v) is 8.08. The van der Waals surface area contributed by atoms with Crippen LogP contribution in [0.25, 0.3) is 11.4 Å². The van der Waals surface area contributed by atoms with Gasteiger partial charge in [0.1, 0.15) is 6.33 Å². The topological polar surface area (TPSA) is 56.7 Å². The Kier molecular flexibility index (Phi) is 2.02. The van der Waals surface area contributed by atoms with Crippen LogP contribution in [0.1, 0.15) is 6.92 Å². The fourth-order valence-corrected chi connectivity index (χ4v) is 1.85. The number of nitrogen functional groups attached to an aromatic ring is 1. The van der Waals surface area contributed by atoms with Crippen LogP contribution in [-0.2, 0) is 6.54 Å². The summed E-state index contributed by atoms with van der Waals surface area (Å²) >= 11 is 1.52. The summed E-state index contributed by atoms with van der Waals surface area (Å²) in [5.41, 5.74) is 6.77. The summed E-state index contributed by atoms with van der Waals surface area (Å²) in [5.74, 6) is 0.848. The molecule has 2 aromatic rings. The van der Waals surface area contributed by atoms with Crippen LogP contribution in [-0.4, -0.2) is 14.8 Å². The predicted octanol–water partition coefficient (Wildman–Crippen LogP) is 1.61. The van der Waals surface area contributed by atoms with Gasteiger partial charge in [0, 0.05) is 6.54 Å². The Morgan fingerprint density at radius 1 is 1.62 bits per heavy atom. The van der Waals surface area contributed by atoms with Crippen molar-refractivity contribution >= 4 is 16.3 Å². The van der Waals surface area contributed by atoms with Gasteiger partial charge in [-0.05, 0) is 18.4 Å². The molecule has 0 radical (unpaired) electrons. The highest BCUT2D eigenvalue weighted by Crippen LogP contribution is 2.28. The minimum Gasteiger partial charge on any atom is -0.390 e.